The first-order valence-corrected chi connectivity index (χ1v) is 19.4. The second-order valence-electron chi connectivity index (χ2n) is 13.6. The van der Waals surface area contributed by atoms with Crippen LogP contribution in [-0.2, 0) is 14.4 Å². The number of hydrogen-bond acceptors (Lipinski definition) is 3. The Labute approximate surface area is 274 Å². The standard InChI is InChI=1S/C40H74O4/c1-4-6-8-10-12-14-16-18-20-22-24-26-28-30-32-34-37(41)39(36(3)40(43)44)38(42)35-33-31-29-27-25-23-21-19-17-15-13-11-9-7-5-2/h39H,3-35H2,1-2H3,(H,43,44). The molecule has 0 heterocycles. The van der Waals surface area contributed by atoms with Crippen LogP contribution in [-0.4, -0.2) is 22.6 Å². The Bertz CT molecular complexity index is 651. The minimum atomic E-state index is -1.23. The van der Waals surface area contributed by atoms with Crippen LogP contribution in [0.1, 0.15) is 219 Å². The van der Waals surface area contributed by atoms with Gasteiger partial charge in [-0.15, -0.1) is 0 Å². The minimum Gasteiger partial charge on any atom is -0.478 e. The van der Waals surface area contributed by atoms with E-state index >= 15 is 0 Å². The minimum absolute atomic E-state index is 0.248. The van der Waals surface area contributed by atoms with Gasteiger partial charge in [0.15, 0.2) is 0 Å². The molecule has 0 atom stereocenters. The van der Waals surface area contributed by atoms with E-state index in [-0.39, 0.29) is 30.0 Å². The smallest absolute Gasteiger partial charge is 0.332 e. The fraction of sp³-hybridized carbons (Fsp3) is 0.875. The third-order valence-electron chi connectivity index (χ3n) is 9.32. The van der Waals surface area contributed by atoms with Crippen molar-refractivity contribution in [1.29, 1.82) is 0 Å². The molecule has 0 aliphatic carbocycles. The summed E-state index contributed by atoms with van der Waals surface area (Å²) in [5.74, 6) is -2.90. The van der Waals surface area contributed by atoms with Crippen LogP contribution in [0, 0.1) is 5.92 Å². The number of rotatable bonds is 36. The average Bonchev–Trinajstić information content (AvgIpc) is 3.01. The van der Waals surface area contributed by atoms with Crippen LogP contribution in [0.3, 0.4) is 0 Å². The summed E-state index contributed by atoms with van der Waals surface area (Å²) < 4.78 is 0. The van der Waals surface area contributed by atoms with E-state index in [9.17, 15) is 19.5 Å². The van der Waals surface area contributed by atoms with Gasteiger partial charge in [-0.2, -0.15) is 0 Å². The Morgan fingerprint density at radius 3 is 0.818 bits per heavy atom. The Hall–Kier alpha value is -1.45. The molecule has 4 nitrogen and oxygen atoms in total. The molecule has 0 saturated carbocycles. The van der Waals surface area contributed by atoms with Crippen LogP contribution >= 0.6 is 0 Å². The summed E-state index contributed by atoms with van der Waals surface area (Å²) in [6.07, 6.45) is 38.2. The molecule has 0 aromatic heterocycles. The van der Waals surface area contributed by atoms with Crippen molar-refractivity contribution >= 4 is 17.5 Å². The summed E-state index contributed by atoms with van der Waals surface area (Å²) in [5, 5.41) is 9.45. The maximum atomic E-state index is 12.9. The number of ketones is 2. The summed E-state index contributed by atoms with van der Waals surface area (Å²) in [7, 11) is 0. The lowest BCUT2D eigenvalue weighted by Crippen LogP contribution is -2.29. The molecule has 0 aromatic rings. The van der Waals surface area contributed by atoms with Gasteiger partial charge in [0.05, 0.1) is 0 Å². The molecule has 0 spiro atoms. The van der Waals surface area contributed by atoms with Crippen LogP contribution in [0.2, 0.25) is 0 Å². The Kier molecular flexibility index (Phi) is 31.8. The first-order chi connectivity index (χ1) is 21.5. The third-order valence-corrected chi connectivity index (χ3v) is 9.32. The van der Waals surface area contributed by atoms with Crippen LogP contribution in [0.4, 0.5) is 0 Å². The monoisotopic (exact) mass is 619 g/mol. The maximum absolute atomic E-state index is 12.9. The number of carbonyl (C=O) groups excluding carboxylic acids is 2. The van der Waals surface area contributed by atoms with Crippen molar-refractivity contribution < 1.29 is 19.5 Å². The van der Waals surface area contributed by atoms with Gasteiger partial charge in [-0.25, -0.2) is 4.79 Å². The summed E-state index contributed by atoms with van der Waals surface area (Å²) in [6, 6.07) is 0. The van der Waals surface area contributed by atoms with Crippen molar-refractivity contribution in [3.05, 3.63) is 12.2 Å². The van der Waals surface area contributed by atoms with Crippen LogP contribution in [0.15, 0.2) is 12.2 Å². The molecule has 44 heavy (non-hydrogen) atoms. The summed E-state index contributed by atoms with van der Waals surface area (Å²) in [6.45, 7) is 8.13. The van der Waals surface area contributed by atoms with Crippen molar-refractivity contribution in [1.82, 2.24) is 0 Å². The van der Waals surface area contributed by atoms with Gasteiger partial charge in [0, 0.05) is 18.4 Å². The zero-order valence-electron chi connectivity index (χ0n) is 29.6. The first-order valence-electron chi connectivity index (χ1n) is 19.4. The lowest BCUT2D eigenvalue weighted by molar-refractivity contribution is -0.139. The van der Waals surface area contributed by atoms with Gasteiger partial charge in [0.1, 0.15) is 17.5 Å². The molecule has 0 aromatic carbocycles. The van der Waals surface area contributed by atoms with E-state index in [1.54, 1.807) is 0 Å². The molecule has 1 N–H and O–H groups in total. The number of aliphatic carboxylic acids is 1. The van der Waals surface area contributed by atoms with Gasteiger partial charge in [-0.3, -0.25) is 9.59 Å². The number of Topliss-reactive ketones (excluding diaryl/α,β-unsaturated/α-hetero) is 2. The van der Waals surface area contributed by atoms with Crippen LogP contribution < -0.4 is 0 Å². The zero-order chi connectivity index (χ0) is 32.5. The molecule has 0 radical (unpaired) electrons. The lowest BCUT2D eigenvalue weighted by atomic mass is 9.86. The van der Waals surface area contributed by atoms with E-state index in [2.05, 4.69) is 20.4 Å². The van der Waals surface area contributed by atoms with Crippen molar-refractivity contribution in [3.8, 4) is 0 Å². The molecule has 0 saturated heterocycles. The number of hydrogen-bond donors (Lipinski definition) is 1. The molecule has 0 amide bonds. The molecule has 0 aliphatic rings. The highest BCUT2D eigenvalue weighted by molar-refractivity contribution is 6.11. The van der Waals surface area contributed by atoms with E-state index in [0.29, 0.717) is 0 Å². The molecule has 4 heteroatoms. The summed E-state index contributed by atoms with van der Waals surface area (Å²) >= 11 is 0. The van der Waals surface area contributed by atoms with Crippen LogP contribution in [0.25, 0.3) is 0 Å². The highest BCUT2D eigenvalue weighted by atomic mass is 16.4. The fourth-order valence-corrected chi connectivity index (χ4v) is 6.32. The lowest BCUT2D eigenvalue weighted by Gasteiger charge is -2.15. The molecular formula is C40H74O4. The van der Waals surface area contributed by atoms with Crippen LogP contribution in [0.5, 0.6) is 0 Å². The van der Waals surface area contributed by atoms with Gasteiger partial charge in [-0.1, -0.05) is 200 Å². The van der Waals surface area contributed by atoms with Crippen molar-refractivity contribution in [2.45, 2.75) is 219 Å². The van der Waals surface area contributed by atoms with Crippen molar-refractivity contribution in [2.24, 2.45) is 5.92 Å². The molecule has 258 valence electrons. The van der Waals surface area contributed by atoms with Crippen molar-refractivity contribution in [3.63, 3.8) is 0 Å². The predicted molar refractivity (Wildman–Crippen MR) is 189 cm³/mol. The Morgan fingerprint density at radius 1 is 0.409 bits per heavy atom. The second kappa shape index (κ2) is 32.9. The van der Waals surface area contributed by atoms with E-state index < -0.39 is 11.9 Å². The van der Waals surface area contributed by atoms with E-state index in [0.717, 1.165) is 38.5 Å². The third kappa shape index (κ3) is 26.9. The number of unbranched alkanes of at least 4 members (excludes halogenated alkanes) is 28. The van der Waals surface area contributed by atoms with E-state index in [1.807, 2.05) is 0 Å². The molecule has 0 bridgehead atoms. The molecule has 0 unspecified atom stereocenters. The van der Waals surface area contributed by atoms with E-state index in [4.69, 9.17) is 0 Å². The SMILES string of the molecule is C=C(C(=O)O)C(C(=O)CCCCCCCCCCCCCCCCC)C(=O)CCCCCCCCCCCCCCCCC. The first kappa shape index (κ1) is 42.6. The average molecular weight is 619 g/mol. The molecule has 0 aliphatic heterocycles. The number of carboxylic acids is 1. The van der Waals surface area contributed by atoms with Crippen molar-refractivity contribution in [2.75, 3.05) is 0 Å². The predicted octanol–water partition coefficient (Wildman–Crippen LogP) is 12.9. The van der Waals surface area contributed by atoms with E-state index in [1.165, 1.54) is 154 Å². The summed E-state index contributed by atoms with van der Waals surface area (Å²) in [5.41, 5.74) is -0.248. The maximum Gasteiger partial charge on any atom is 0.332 e. The fourth-order valence-electron chi connectivity index (χ4n) is 6.32. The van der Waals surface area contributed by atoms with Gasteiger partial charge in [0.2, 0.25) is 0 Å². The normalized spacial score (nSPS) is 11.3. The van der Waals surface area contributed by atoms with Gasteiger partial charge < -0.3 is 5.11 Å². The highest BCUT2D eigenvalue weighted by Gasteiger charge is 2.31. The largest absolute Gasteiger partial charge is 0.478 e. The number of carboxylic acid groups (broad SMARTS) is 1. The second-order valence-corrected chi connectivity index (χ2v) is 13.6. The Balaban J connectivity index is 3.89. The quantitative estimate of drug-likeness (QED) is 0.0431. The highest BCUT2D eigenvalue weighted by Crippen LogP contribution is 2.21. The molecular weight excluding hydrogens is 544 g/mol. The summed E-state index contributed by atoms with van der Waals surface area (Å²) in [4.78, 5) is 37.3. The van der Waals surface area contributed by atoms with Gasteiger partial charge in [0.25, 0.3) is 0 Å². The van der Waals surface area contributed by atoms with Gasteiger partial charge in [-0.05, 0) is 12.8 Å². The topological polar surface area (TPSA) is 71.4 Å². The molecule has 0 rings (SSSR count). The molecule has 0 fully saturated rings. The number of carbonyl (C=O) groups is 3. The zero-order valence-corrected chi connectivity index (χ0v) is 29.6. The van der Waals surface area contributed by atoms with Gasteiger partial charge >= 0.3 is 5.97 Å². The Morgan fingerprint density at radius 2 is 0.614 bits per heavy atom.